The number of rotatable bonds is 3. The molecule has 5 aliphatic rings. The molecule has 4 aliphatic carbocycles. The molecule has 0 aromatic heterocycles. The molecule has 10 unspecified atom stereocenters. The van der Waals surface area contributed by atoms with Gasteiger partial charge in [-0.1, -0.05) is 18.6 Å². The van der Waals surface area contributed by atoms with E-state index in [0.717, 1.165) is 31.3 Å². The van der Waals surface area contributed by atoms with Crippen molar-refractivity contribution in [3.05, 3.63) is 23.3 Å². The predicted octanol–water partition coefficient (Wildman–Crippen LogP) is 3.34. The second kappa shape index (κ2) is 8.01. The van der Waals surface area contributed by atoms with Gasteiger partial charge in [0, 0.05) is 24.5 Å². The summed E-state index contributed by atoms with van der Waals surface area (Å²) in [6.07, 6.45) is 7.19. The van der Waals surface area contributed by atoms with Crippen LogP contribution in [-0.2, 0) is 14.3 Å². The Hall–Kier alpha value is -1.50. The fourth-order valence-electron chi connectivity index (χ4n) is 9.10. The highest BCUT2D eigenvalue weighted by molar-refractivity contribution is 5.97. The normalized spacial score (nSPS) is 49.3. The van der Waals surface area contributed by atoms with Gasteiger partial charge in [0.05, 0.1) is 11.5 Å². The van der Waals surface area contributed by atoms with Gasteiger partial charge in [-0.2, -0.15) is 0 Å². The first kappa shape index (κ1) is 24.2. The minimum Gasteiger partial charge on any atom is -0.458 e. The van der Waals surface area contributed by atoms with Gasteiger partial charge < -0.3 is 20.1 Å². The summed E-state index contributed by atoms with van der Waals surface area (Å²) in [4.78, 5) is 25.6. The summed E-state index contributed by atoms with van der Waals surface area (Å²) in [5.74, 6) is 0.228. The molecule has 6 nitrogen and oxygen atoms in total. The minimum absolute atomic E-state index is 0.0191. The minimum atomic E-state index is -1.41. The fourth-order valence-corrected chi connectivity index (χ4v) is 9.10. The molecule has 10 atom stereocenters. The molecule has 0 saturated heterocycles. The zero-order chi connectivity index (χ0) is 24.6. The van der Waals surface area contributed by atoms with Crippen LogP contribution in [0.2, 0.25) is 0 Å². The summed E-state index contributed by atoms with van der Waals surface area (Å²) in [5.41, 5.74) is -0.735. The lowest BCUT2D eigenvalue weighted by atomic mass is 9.43. The average Bonchev–Trinajstić information content (AvgIpc) is 3.13. The van der Waals surface area contributed by atoms with Crippen molar-refractivity contribution in [3.8, 4) is 0 Å². The Kier molecular flexibility index (Phi) is 5.70. The summed E-state index contributed by atoms with van der Waals surface area (Å²) in [6, 6.07) is 0. The standard InChI is InChI=1S/C28H40O6/c1-15-12-22(34-25(32)16(15)2)18(14-29)20-8-7-19-17-13-24(31)28(33)10-5-6-23(30)27(28,4)21(17)9-11-26(19,20)3/h5-6,17-22,24,29,31,33H,7-14H2,1-4H3. The fraction of sp³-hybridized carbons (Fsp3) is 0.786. The van der Waals surface area contributed by atoms with Gasteiger partial charge in [-0.25, -0.2) is 4.79 Å². The molecule has 0 radical (unpaired) electrons. The van der Waals surface area contributed by atoms with Gasteiger partial charge in [0.1, 0.15) is 11.7 Å². The molecule has 0 aromatic rings. The number of fused-ring (bicyclic) bond motifs is 5. The number of hydrogen-bond acceptors (Lipinski definition) is 6. The van der Waals surface area contributed by atoms with E-state index in [4.69, 9.17) is 4.74 Å². The SMILES string of the molecule is CC1=C(C)C(=O)OC(C(CO)C2CCC3C4CC(O)C5(O)CC=CC(=O)C5(C)C4CCC23C)C1. The Morgan fingerprint density at radius 3 is 2.56 bits per heavy atom. The number of hydrogen-bond donors (Lipinski definition) is 3. The zero-order valence-electron chi connectivity index (χ0n) is 20.9. The number of aliphatic hydroxyl groups excluding tert-OH is 2. The highest BCUT2D eigenvalue weighted by Crippen LogP contribution is 2.68. The van der Waals surface area contributed by atoms with Crippen molar-refractivity contribution in [2.75, 3.05) is 6.61 Å². The Balaban J connectivity index is 1.45. The molecular formula is C28H40O6. The second-order valence-corrected chi connectivity index (χ2v) is 12.4. The number of allylic oxidation sites excluding steroid dienone is 1. The van der Waals surface area contributed by atoms with Crippen LogP contribution in [0.4, 0.5) is 0 Å². The molecule has 1 aliphatic heterocycles. The van der Waals surface area contributed by atoms with Crippen LogP contribution in [0.25, 0.3) is 0 Å². The lowest BCUT2D eigenvalue weighted by Gasteiger charge is -2.63. The molecule has 0 bridgehead atoms. The van der Waals surface area contributed by atoms with Gasteiger partial charge in [0.15, 0.2) is 5.78 Å². The third-order valence-corrected chi connectivity index (χ3v) is 11.3. The number of aliphatic hydroxyl groups is 3. The van der Waals surface area contributed by atoms with Crippen LogP contribution in [0.15, 0.2) is 23.3 Å². The highest BCUT2D eigenvalue weighted by atomic mass is 16.5. The molecule has 0 aromatic carbocycles. The second-order valence-electron chi connectivity index (χ2n) is 12.4. The van der Waals surface area contributed by atoms with E-state index in [1.807, 2.05) is 13.8 Å². The molecule has 34 heavy (non-hydrogen) atoms. The third-order valence-electron chi connectivity index (χ3n) is 11.3. The van der Waals surface area contributed by atoms with Crippen LogP contribution >= 0.6 is 0 Å². The lowest BCUT2D eigenvalue weighted by molar-refractivity contribution is -0.232. The van der Waals surface area contributed by atoms with Crippen LogP contribution < -0.4 is 0 Å². The van der Waals surface area contributed by atoms with Crippen LogP contribution in [0.5, 0.6) is 0 Å². The van der Waals surface area contributed by atoms with E-state index < -0.39 is 17.1 Å². The molecule has 0 amide bonds. The van der Waals surface area contributed by atoms with Gasteiger partial charge in [-0.15, -0.1) is 0 Å². The molecule has 1 heterocycles. The highest BCUT2D eigenvalue weighted by Gasteiger charge is 2.69. The van der Waals surface area contributed by atoms with Crippen LogP contribution in [0, 0.1) is 40.4 Å². The molecule has 3 N–H and O–H groups in total. The van der Waals surface area contributed by atoms with E-state index in [0.29, 0.717) is 30.8 Å². The lowest BCUT2D eigenvalue weighted by Crippen LogP contribution is -2.69. The first-order valence-electron chi connectivity index (χ1n) is 13.1. The maximum absolute atomic E-state index is 13.2. The Bertz CT molecular complexity index is 953. The van der Waals surface area contributed by atoms with Crippen molar-refractivity contribution in [2.24, 2.45) is 40.4 Å². The summed E-state index contributed by atoms with van der Waals surface area (Å²) < 4.78 is 5.81. The number of esters is 1. The topological polar surface area (TPSA) is 104 Å². The molecular weight excluding hydrogens is 432 g/mol. The number of carbonyl (C=O) groups excluding carboxylic acids is 2. The smallest absolute Gasteiger partial charge is 0.333 e. The first-order valence-corrected chi connectivity index (χ1v) is 13.1. The van der Waals surface area contributed by atoms with E-state index in [1.54, 1.807) is 19.1 Å². The zero-order valence-corrected chi connectivity index (χ0v) is 20.9. The van der Waals surface area contributed by atoms with Crippen LogP contribution in [0.1, 0.15) is 72.6 Å². The number of carbonyl (C=O) groups is 2. The summed E-state index contributed by atoms with van der Waals surface area (Å²) in [7, 11) is 0. The summed E-state index contributed by atoms with van der Waals surface area (Å²) in [5, 5.41) is 33.2. The number of ether oxygens (including phenoxy) is 1. The molecule has 188 valence electrons. The molecule has 3 fully saturated rings. The van der Waals surface area contributed by atoms with Crippen LogP contribution in [-0.4, -0.2) is 51.5 Å². The van der Waals surface area contributed by atoms with E-state index >= 15 is 0 Å². The Morgan fingerprint density at radius 1 is 1.15 bits per heavy atom. The first-order chi connectivity index (χ1) is 16.0. The molecule has 3 saturated carbocycles. The Labute approximate surface area is 202 Å². The summed E-state index contributed by atoms with van der Waals surface area (Å²) >= 11 is 0. The van der Waals surface area contributed by atoms with E-state index in [-0.39, 0.29) is 53.6 Å². The van der Waals surface area contributed by atoms with E-state index in [9.17, 15) is 24.9 Å². The molecule has 5 rings (SSSR count). The third kappa shape index (κ3) is 3.04. The maximum atomic E-state index is 13.2. The van der Waals surface area contributed by atoms with Gasteiger partial charge in [0.25, 0.3) is 0 Å². The monoisotopic (exact) mass is 472 g/mol. The van der Waals surface area contributed by atoms with Crippen molar-refractivity contribution >= 4 is 11.8 Å². The number of cyclic esters (lactones) is 1. The van der Waals surface area contributed by atoms with Crippen LogP contribution in [0.3, 0.4) is 0 Å². The largest absolute Gasteiger partial charge is 0.458 e. The van der Waals surface area contributed by atoms with Gasteiger partial charge in [-0.3, -0.25) is 4.79 Å². The van der Waals surface area contributed by atoms with Crippen molar-refractivity contribution in [1.29, 1.82) is 0 Å². The van der Waals surface area contributed by atoms with Crippen molar-refractivity contribution in [2.45, 2.75) is 90.4 Å². The van der Waals surface area contributed by atoms with Gasteiger partial charge in [0.2, 0.25) is 0 Å². The van der Waals surface area contributed by atoms with Crippen molar-refractivity contribution in [3.63, 3.8) is 0 Å². The van der Waals surface area contributed by atoms with E-state index in [2.05, 4.69) is 6.92 Å². The maximum Gasteiger partial charge on any atom is 0.333 e. The van der Waals surface area contributed by atoms with Gasteiger partial charge in [-0.05, 0) is 94.5 Å². The predicted molar refractivity (Wildman–Crippen MR) is 126 cm³/mol. The Morgan fingerprint density at radius 2 is 1.88 bits per heavy atom. The van der Waals surface area contributed by atoms with Crippen molar-refractivity contribution < 1.29 is 29.6 Å². The number of ketones is 1. The quantitative estimate of drug-likeness (QED) is 0.545. The average molecular weight is 473 g/mol. The van der Waals surface area contributed by atoms with Crippen molar-refractivity contribution in [1.82, 2.24) is 0 Å². The van der Waals surface area contributed by atoms with E-state index in [1.165, 1.54) is 0 Å². The summed E-state index contributed by atoms with van der Waals surface area (Å²) in [6.45, 7) is 7.94. The molecule has 6 heteroatoms. The molecule has 0 spiro atoms. The van der Waals surface area contributed by atoms with Gasteiger partial charge >= 0.3 is 5.97 Å².